The number of hydrogen-bond donors (Lipinski definition) is 3. The number of rotatable bonds is 6. The van der Waals surface area contributed by atoms with E-state index in [0.29, 0.717) is 28.2 Å². The Kier molecular flexibility index (Phi) is 5.82. The lowest BCUT2D eigenvalue weighted by atomic mass is 10.1. The van der Waals surface area contributed by atoms with Gasteiger partial charge in [-0.15, -0.1) is 0 Å². The van der Waals surface area contributed by atoms with E-state index in [9.17, 15) is 14.4 Å². The van der Waals surface area contributed by atoms with Gasteiger partial charge in [0.2, 0.25) is 0 Å². The van der Waals surface area contributed by atoms with Crippen LogP contribution in [0.1, 0.15) is 48.2 Å². The molecule has 0 unspecified atom stereocenters. The third kappa shape index (κ3) is 4.37. The highest BCUT2D eigenvalue weighted by Gasteiger charge is 2.22. The second-order valence-electron chi connectivity index (χ2n) is 6.43. The molecule has 0 saturated heterocycles. The number of aryl methyl sites for hydroxylation is 1. The first-order valence-electron chi connectivity index (χ1n) is 8.90. The van der Waals surface area contributed by atoms with Crippen LogP contribution in [0.25, 0.3) is 0 Å². The van der Waals surface area contributed by atoms with E-state index in [4.69, 9.17) is 9.15 Å². The quantitative estimate of drug-likeness (QED) is 0.555. The molecule has 8 nitrogen and oxygen atoms in total. The second kappa shape index (κ2) is 8.47. The van der Waals surface area contributed by atoms with Crippen LogP contribution in [0.15, 0.2) is 47.1 Å². The standard InChI is InChI=1S/C21H21N3O5/c1-12-17(21(27)28-3)13(2)23-18(12)20(26)22-11-14-6-8-15(9-7-14)24-19(25)16-5-4-10-29-16/h4-10,23H,11H2,1-3H3,(H,22,26)(H,24,25). The van der Waals surface area contributed by atoms with Gasteiger partial charge in [0.25, 0.3) is 11.8 Å². The Labute approximate surface area is 167 Å². The molecule has 2 amide bonds. The molecular formula is C21H21N3O5. The van der Waals surface area contributed by atoms with E-state index in [2.05, 4.69) is 15.6 Å². The van der Waals surface area contributed by atoms with Gasteiger partial charge in [-0.25, -0.2) is 4.79 Å². The fourth-order valence-electron chi connectivity index (χ4n) is 2.96. The fourth-order valence-corrected chi connectivity index (χ4v) is 2.96. The first-order chi connectivity index (χ1) is 13.9. The van der Waals surface area contributed by atoms with Gasteiger partial charge >= 0.3 is 5.97 Å². The van der Waals surface area contributed by atoms with Crippen LogP contribution in [0.2, 0.25) is 0 Å². The molecular weight excluding hydrogens is 374 g/mol. The zero-order valence-electron chi connectivity index (χ0n) is 16.3. The molecule has 0 spiro atoms. The summed E-state index contributed by atoms with van der Waals surface area (Å²) in [6.07, 6.45) is 1.43. The first kappa shape index (κ1) is 19.9. The summed E-state index contributed by atoms with van der Waals surface area (Å²) in [5.41, 5.74) is 3.28. The maximum atomic E-state index is 12.5. The van der Waals surface area contributed by atoms with Crippen LogP contribution in [0, 0.1) is 13.8 Å². The van der Waals surface area contributed by atoms with Crippen molar-refractivity contribution in [3.05, 3.63) is 76.5 Å². The maximum Gasteiger partial charge on any atom is 0.339 e. The zero-order valence-corrected chi connectivity index (χ0v) is 16.3. The summed E-state index contributed by atoms with van der Waals surface area (Å²) < 4.78 is 9.80. The number of benzene rings is 1. The highest BCUT2D eigenvalue weighted by Crippen LogP contribution is 2.19. The molecule has 0 bridgehead atoms. The Bertz CT molecular complexity index is 1030. The second-order valence-corrected chi connectivity index (χ2v) is 6.43. The van der Waals surface area contributed by atoms with Crippen molar-refractivity contribution in [3.63, 3.8) is 0 Å². The van der Waals surface area contributed by atoms with E-state index in [0.717, 1.165) is 5.56 Å². The summed E-state index contributed by atoms with van der Waals surface area (Å²) >= 11 is 0. The number of methoxy groups -OCH3 is 1. The summed E-state index contributed by atoms with van der Waals surface area (Å²) in [6.45, 7) is 3.70. The van der Waals surface area contributed by atoms with Crippen molar-refractivity contribution in [1.29, 1.82) is 0 Å². The molecule has 0 aliphatic rings. The highest BCUT2D eigenvalue weighted by molar-refractivity contribution is 6.02. The molecule has 150 valence electrons. The van der Waals surface area contributed by atoms with E-state index < -0.39 is 5.97 Å². The lowest BCUT2D eigenvalue weighted by molar-refractivity contribution is 0.0599. The van der Waals surface area contributed by atoms with Crippen LogP contribution in [0.3, 0.4) is 0 Å². The van der Waals surface area contributed by atoms with Gasteiger partial charge < -0.3 is 24.8 Å². The van der Waals surface area contributed by atoms with Crippen LogP contribution < -0.4 is 10.6 Å². The first-order valence-corrected chi connectivity index (χ1v) is 8.90. The number of carbonyl (C=O) groups excluding carboxylic acids is 3. The number of aromatic amines is 1. The van der Waals surface area contributed by atoms with E-state index in [-0.39, 0.29) is 24.1 Å². The van der Waals surface area contributed by atoms with Crippen molar-refractivity contribution in [1.82, 2.24) is 10.3 Å². The van der Waals surface area contributed by atoms with Gasteiger partial charge in [-0.3, -0.25) is 9.59 Å². The molecule has 1 aromatic carbocycles. The number of furan rings is 1. The lowest BCUT2D eigenvalue weighted by Crippen LogP contribution is -2.24. The summed E-state index contributed by atoms with van der Waals surface area (Å²) in [7, 11) is 1.30. The van der Waals surface area contributed by atoms with Gasteiger partial charge in [0.1, 0.15) is 5.69 Å². The number of aromatic nitrogens is 1. The topological polar surface area (TPSA) is 113 Å². The van der Waals surface area contributed by atoms with E-state index in [1.54, 1.807) is 50.2 Å². The average molecular weight is 395 g/mol. The van der Waals surface area contributed by atoms with Gasteiger partial charge in [-0.2, -0.15) is 0 Å². The minimum Gasteiger partial charge on any atom is -0.465 e. The SMILES string of the molecule is COC(=O)c1c(C)[nH]c(C(=O)NCc2ccc(NC(=O)c3ccco3)cc2)c1C. The van der Waals surface area contributed by atoms with Crippen molar-refractivity contribution in [2.45, 2.75) is 20.4 Å². The Balaban J connectivity index is 1.61. The molecule has 2 heterocycles. The number of esters is 1. The fraction of sp³-hybridized carbons (Fsp3) is 0.190. The number of anilines is 1. The van der Waals surface area contributed by atoms with Crippen molar-refractivity contribution >= 4 is 23.5 Å². The molecule has 0 aliphatic carbocycles. The third-order valence-electron chi connectivity index (χ3n) is 4.46. The van der Waals surface area contributed by atoms with Gasteiger partial charge in [0.15, 0.2) is 5.76 Å². The number of ether oxygens (including phenoxy) is 1. The monoisotopic (exact) mass is 395 g/mol. The minimum atomic E-state index is -0.484. The number of H-pyrrole nitrogens is 1. The maximum absolute atomic E-state index is 12.5. The average Bonchev–Trinajstić information content (AvgIpc) is 3.35. The Morgan fingerprint density at radius 2 is 1.79 bits per heavy atom. The van der Waals surface area contributed by atoms with Crippen LogP contribution in [0.4, 0.5) is 5.69 Å². The van der Waals surface area contributed by atoms with E-state index in [1.807, 2.05) is 0 Å². The predicted molar refractivity (Wildman–Crippen MR) is 106 cm³/mol. The zero-order chi connectivity index (χ0) is 21.0. The van der Waals surface area contributed by atoms with E-state index in [1.165, 1.54) is 13.4 Å². The predicted octanol–water partition coefficient (Wildman–Crippen LogP) is 3.19. The third-order valence-corrected chi connectivity index (χ3v) is 4.46. The number of carbonyl (C=O) groups is 3. The molecule has 8 heteroatoms. The minimum absolute atomic E-state index is 0.226. The van der Waals surface area contributed by atoms with Gasteiger partial charge in [0, 0.05) is 17.9 Å². The molecule has 0 saturated carbocycles. The van der Waals surface area contributed by atoms with Gasteiger partial charge in [-0.1, -0.05) is 12.1 Å². The van der Waals surface area contributed by atoms with Crippen molar-refractivity contribution in [3.8, 4) is 0 Å². The van der Waals surface area contributed by atoms with Crippen LogP contribution in [-0.4, -0.2) is 29.9 Å². The van der Waals surface area contributed by atoms with Crippen LogP contribution in [0.5, 0.6) is 0 Å². The number of nitrogens with one attached hydrogen (secondary N) is 3. The summed E-state index contributed by atoms with van der Waals surface area (Å²) in [5, 5.41) is 5.54. The summed E-state index contributed by atoms with van der Waals surface area (Å²) in [5.74, 6) is -0.919. The molecule has 0 radical (unpaired) electrons. The van der Waals surface area contributed by atoms with Crippen molar-refractivity contribution in [2.24, 2.45) is 0 Å². The molecule has 3 N–H and O–H groups in total. The smallest absolute Gasteiger partial charge is 0.339 e. The Hall–Kier alpha value is -3.81. The Morgan fingerprint density at radius 1 is 1.07 bits per heavy atom. The summed E-state index contributed by atoms with van der Waals surface area (Å²) in [4.78, 5) is 39.2. The summed E-state index contributed by atoms with van der Waals surface area (Å²) in [6, 6.07) is 10.3. The van der Waals surface area contributed by atoms with Crippen molar-refractivity contribution in [2.75, 3.05) is 12.4 Å². The molecule has 0 fully saturated rings. The van der Waals surface area contributed by atoms with Gasteiger partial charge in [0.05, 0.1) is 18.9 Å². The van der Waals surface area contributed by atoms with Gasteiger partial charge in [-0.05, 0) is 49.2 Å². The molecule has 0 aliphatic heterocycles. The normalized spacial score (nSPS) is 10.4. The number of amides is 2. The molecule has 3 rings (SSSR count). The molecule has 0 atom stereocenters. The van der Waals surface area contributed by atoms with E-state index >= 15 is 0 Å². The number of hydrogen-bond acceptors (Lipinski definition) is 5. The molecule has 3 aromatic rings. The molecule has 29 heavy (non-hydrogen) atoms. The Morgan fingerprint density at radius 3 is 2.41 bits per heavy atom. The molecule has 2 aromatic heterocycles. The van der Waals surface area contributed by atoms with Crippen LogP contribution >= 0.6 is 0 Å². The van der Waals surface area contributed by atoms with Crippen LogP contribution in [-0.2, 0) is 11.3 Å². The lowest BCUT2D eigenvalue weighted by Gasteiger charge is -2.07. The largest absolute Gasteiger partial charge is 0.465 e. The highest BCUT2D eigenvalue weighted by atomic mass is 16.5. The van der Waals surface area contributed by atoms with Crippen molar-refractivity contribution < 1.29 is 23.5 Å².